The zero-order valence-corrected chi connectivity index (χ0v) is 14.2. The molecule has 2 fully saturated rings. The fraction of sp³-hybridized carbons (Fsp3) is 0.533. The molecule has 1 aromatic carbocycles. The molecule has 0 aromatic heterocycles. The second kappa shape index (κ2) is 6.03. The minimum Gasteiger partial charge on any atom is -0.339 e. The number of carbonyl (C=O) groups is 1. The molecule has 0 unspecified atom stereocenters. The first kappa shape index (κ1) is 16.7. The van der Waals surface area contributed by atoms with Crippen LogP contribution in [0.2, 0.25) is 5.02 Å². The van der Waals surface area contributed by atoms with E-state index in [4.69, 9.17) is 11.6 Å². The quantitative estimate of drug-likeness (QED) is 0.886. The zero-order valence-electron chi connectivity index (χ0n) is 12.6. The van der Waals surface area contributed by atoms with Crippen molar-refractivity contribution in [3.63, 3.8) is 0 Å². The molecule has 1 heterocycles. The Balaban J connectivity index is 1.66. The van der Waals surface area contributed by atoms with Gasteiger partial charge >= 0.3 is 0 Å². The molecule has 5 nitrogen and oxygen atoms in total. The van der Waals surface area contributed by atoms with E-state index in [9.17, 15) is 17.6 Å². The van der Waals surface area contributed by atoms with Crippen molar-refractivity contribution in [2.24, 2.45) is 5.92 Å². The van der Waals surface area contributed by atoms with Gasteiger partial charge in [-0.05, 0) is 30.9 Å². The fourth-order valence-electron chi connectivity index (χ4n) is 3.63. The Bertz CT molecular complexity index is 720. The molecule has 126 valence electrons. The van der Waals surface area contributed by atoms with Gasteiger partial charge in [-0.2, -0.15) is 0 Å². The Hall–Kier alpha value is -1.18. The number of piperidine rings is 1. The number of likely N-dealkylation sites (tertiary alicyclic amines) is 1. The van der Waals surface area contributed by atoms with E-state index in [1.807, 2.05) is 0 Å². The number of rotatable bonds is 4. The summed E-state index contributed by atoms with van der Waals surface area (Å²) in [6, 6.07) is 4.25. The first-order valence-electron chi connectivity index (χ1n) is 7.44. The van der Waals surface area contributed by atoms with Crippen molar-refractivity contribution >= 4 is 27.5 Å². The minimum atomic E-state index is -3.25. The van der Waals surface area contributed by atoms with Gasteiger partial charge < -0.3 is 4.90 Å². The van der Waals surface area contributed by atoms with Crippen LogP contribution in [-0.2, 0) is 21.2 Å². The minimum absolute atomic E-state index is 0.0114. The van der Waals surface area contributed by atoms with Crippen LogP contribution in [0.25, 0.3) is 0 Å². The summed E-state index contributed by atoms with van der Waals surface area (Å²) < 4.78 is 39.1. The van der Waals surface area contributed by atoms with E-state index in [1.54, 1.807) is 11.0 Å². The molecule has 3 atom stereocenters. The number of amides is 1. The monoisotopic (exact) mass is 360 g/mol. The maximum atomic E-state index is 13.8. The van der Waals surface area contributed by atoms with E-state index in [-0.39, 0.29) is 40.9 Å². The fourth-order valence-corrected chi connectivity index (χ4v) is 4.70. The van der Waals surface area contributed by atoms with Gasteiger partial charge in [0, 0.05) is 29.2 Å². The Labute approximate surface area is 139 Å². The Morgan fingerprint density at radius 1 is 1.43 bits per heavy atom. The maximum Gasteiger partial charge on any atom is 0.227 e. The van der Waals surface area contributed by atoms with E-state index >= 15 is 0 Å². The summed E-state index contributed by atoms with van der Waals surface area (Å²) in [5.74, 6) is -0.524. The van der Waals surface area contributed by atoms with Gasteiger partial charge in [0.25, 0.3) is 0 Å². The van der Waals surface area contributed by atoms with E-state index < -0.39 is 15.8 Å². The molecule has 2 aliphatic rings. The van der Waals surface area contributed by atoms with Crippen molar-refractivity contribution in [2.45, 2.75) is 31.3 Å². The number of benzene rings is 1. The third-order valence-corrected chi connectivity index (χ3v) is 5.70. The zero-order chi connectivity index (χ0) is 16.8. The largest absolute Gasteiger partial charge is 0.339 e. The number of nitrogens with one attached hydrogen (secondary N) is 1. The lowest BCUT2D eigenvalue weighted by Gasteiger charge is -2.31. The number of carbonyl (C=O) groups excluding carboxylic acids is 1. The highest BCUT2D eigenvalue weighted by Crippen LogP contribution is 2.38. The summed E-state index contributed by atoms with van der Waals surface area (Å²) in [7, 11) is -3.25. The van der Waals surface area contributed by atoms with Gasteiger partial charge in [-0.15, -0.1) is 0 Å². The molecule has 8 heteroatoms. The highest BCUT2D eigenvalue weighted by molar-refractivity contribution is 7.88. The van der Waals surface area contributed by atoms with Crippen LogP contribution in [0.4, 0.5) is 4.39 Å². The summed E-state index contributed by atoms with van der Waals surface area (Å²) in [6.45, 7) is 0.503. The number of hydrogen-bond donors (Lipinski definition) is 1. The second-order valence-corrected chi connectivity index (χ2v) is 8.49. The lowest BCUT2D eigenvalue weighted by molar-refractivity contribution is -0.132. The van der Waals surface area contributed by atoms with E-state index in [1.165, 1.54) is 12.1 Å². The predicted molar refractivity (Wildman–Crippen MR) is 85.1 cm³/mol. The molecule has 1 saturated carbocycles. The van der Waals surface area contributed by atoms with Gasteiger partial charge in [0.05, 0.1) is 12.7 Å². The van der Waals surface area contributed by atoms with Crippen LogP contribution < -0.4 is 4.72 Å². The molecule has 1 aliphatic heterocycles. The number of hydrogen-bond acceptors (Lipinski definition) is 3. The lowest BCUT2D eigenvalue weighted by atomic mass is 10.0. The first-order valence-corrected chi connectivity index (χ1v) is 9.71. The van der Waals surface area contributed by atoms with Crippen LogP contribution in [0.3, 0.4) is 0 Å². The van der Waals surface area contributed by atoms with Gasteiger partial charge in [-0.25, -0.2) is 17.5 Å². The predicted octanol–water partition coefficient (Wildman–Crippen LogP) is 1.56. The molecule has 3 rings (SSSR count). The average Bonchev–Trinajstić information content (AvgIpc) is 3.00. The molecule has 0 spiro atoms. The molecule has 23 heavy (non-hydrogen) atoms. The lowest BCUT2D eigenvalue weighted by Crippen LogP contribution is -2.47. The van der Waals surface area contributed by atoms with Crippen molar-refractivity contribution in [1.29, 1.82) is 0 Å². The van der Waals surface area contributed by atoms with E-state index in [2.05, 4.69) is 4.72 Å². The molecule has 0 radical (unpaired) electrons. The maximum absolute atomic E-state index is 13.8. The highest BCUT2D eigenvalue weighted by atomic mass is 35.5. The van der Waals surface area contributed by atoms with Crippen LogP contribution >= 0.6 is 11.6 Å². The Morgan fingerprint density at radius 2 is 2.17 bits per heavy atom. The Morgan fingerprint density at radius 3 is 2.74 bits per heavy atom. The standard InChI is InChI=1S/C15H18ClFN2O3S/c1-23(21,22)18-14-6-10-5-9(14)8-19(10)15(20)7-11-12(16)3-2-4-13(11)17/h2-4,9-10,14,18H,5-8H2,1H3/t9-,10-,14-/m0/s1. The van der Waals surface area contributed by atoms with Crippen LogP contribution in [0, 0.1) is 11.7 Å². The van der Waals surface area contributed by atoms with Crippen molar-refractivity contribution in [1.82, 2.24) is 9.62 Å². The third kappa shape index (κ3) is 3.51. The second-order valence-electron chi connectivity index (χ2n) is 6.30. The molecule has 2 bridgehead atoms. The third-order valence-electron chi connectivity index (χ3n) is 4.62. The normalized spacial score (nSPS) is 26.7. The molecule has 1 N–H and O–H groups in total. The summed E-state index contributed by atoms with van der Waals surface area (Å²) in [6.07, 6.45) is 2.46. The van der Waals surface area contributed by atoms with E-state index in [0.29, 0.717) is 13.0 Å². The molecule has 1 amide bonds. The van der Waals surface area contributed by atoms with E-state index in [0.717, 1.165) is 12.7 Å². The van der Waals surface area contributed by atoms with Crippen LogP contribution in [0.1, 0.15) is 18.4 Å². The molecule has 1 aromatic rings. The van der Waals surface area contributed by atoms with Crippen molar-refractivity contribution in [3.8, 4) is 0 Å². The van der Waals surface area contributed by atoms with Crippen molar-refractivity contribution < 1.29 is 17.6 Å². The summed E-state index contributed by atoms with van der Waals surface area (Å²) >= 11 is 5.97. The number of nitrogens with zero attached hydrogens (tertiary/aromatic N) is 1. The van der Waals surface area contributed by atoms with Gasteiger partial charge in [0.2, 0.25) is 15.9 Å². The molecule has 1 saturated heterocycles. The van der Waals surface area contributed by atoms with Crippen LogP contribution in [0.15, 0.2) is 18.2 Å². The summed E-state index contributed by atoms with van der Waals surface area (Å²) in [4.78, 5) is 14.2. The molecule has 1 aliphatic carbocycles. The first-order chi connectivity index (χ1) is 10.7. The van der Waals surface area contributed by atoms with Gasteiger partial charge in [0.15, 0.2) is 0 Å². The number of halogens is 2. The van der Waals surface area contributed by atoms with Crippen molar-refractivity contribution in [2.75, 3.05) is 12.8 Å². The Kier molecular flexibility index (Phi) is 4.37. The average molecular weight is 361 g/mol. The number of sulfonamides is 1. The topological polar surface area (TPSA) is 66.5 Å². The van der Waals surface area contributed by atoms with Gasteiger partial charge in [-0.3, -0.25) is 4.79 Å². The van der Waals surface area contributed by atoms with Gasteiger partial charge in [0.1, 0.15) is 5.82 Å². The SMILES string of the molecule is CS(=O)(=O)N[C@H]1C[C@@H]2C[C@H]1CN2C(=O)Cc1c(F)cccc1Cl. The van der Waals surface area contributed by atoms with Crippen molar-refractivity contribution in [3.05, 3.63) is 34.6 Å². The molecular weight excluding hydrogens is 343 g/mol. The van der Waals surface area contributed by atoms with Crippen LogP contribution in [-0.4, -0.2) is 44.1 Å². The highest BCUT2D eigenvalue weighted by Gasteiger charge is 2.47. The number of fused-ring (bicyclic) bond motifs is 2. The summed E-state index contributed by atoms with van der Waals surface area (Å²) in [5.41, 5.74) is 0.216. The van der Waals surface area contributed by atoms with Crippen LogP contribution in [0.5, 0.6) is 0 Å². The van der Waals surface area contributed by atoms with Gasteiger partial charge in [-0.1, -0.05) is 17.7 Å². The summed E-state index contributed by atoms with van der Waals surface area (Å²) in [5, 5.41) is 0.249. The smallest absolute Gasteiger partial charge is 0.227 e. The molecular formula is C15H18ClFN2O3S.